The molecule has 2 heterocycles. The van der Waals surface area contributed by atoms with Crippen molar-refractivity contribution >= 4 is 27.3 Å². The molecule has 3 nitrogen and oxygen atoms in total. The fourth-order valence-corrected chi connectivity index (χ4v) is 2.84. The summed E-state index contributed by atoms with van der Waals surface area (Å²) in [5, 5.41) is 10.1. The molecule has 2 aromatic heterocycles. The van der Waals surface area contributed by atoms with Crippen molar-refractivity contribution in [2.75, 3.05) is 0 Å². The minimum atomic E-state index is 0.953. The summed E-state index contributed by atoms with van der Waals surface area (Å²) in [6, 6.07) is 2.03. The number of thiophene rings is 1. The van der Waals surface area contributed by atoms with Crippen LogP contribution in [0.2, 0.25) is 0 Å². The van der Waals surface area contributed by atoms with E-state index in [9.17, 15) is 0 Å². The van der Waals surface area contributed by atoms with Gasteiger partial charge in [-0.15, -0.1) is 21.5 Å². The molecule has 0 N–H and O–H groups in total. The molecule has 2 aromatic rings. The Labute approximate surface area is 94.9 Å². The van der Waals surface area contributed by atoms with Gasteiger partial charge in [0.15, 0.2) is 5.82 Å². The number of aromatic nitrogens is 3. The highest BCUT2D eigenvalue weighted by atomic mass is 79.9. The minimum absolute atomic E-state index is 0.953. The Balaban J connectivity index is 2.41. The third kappa shape index (κ3) is 1.74. The number of hydrogen-bond donors (Lipinski definition) is 0. The molecule has 0 amide bonds. The third-order valence-electron chi connectivity index (χ3n) is 1.90. The lowest BCUT2D eigenvalue weighted by atomic mass is 10.4. The molecule has 0 fully saturated rings. The van der Waals surface area contributed by atoms with E-state index in [2.05, 4.69) is 37.6 Å². The molecule has 0 spiro atoms. The van der Waals surface area contributed by atoms with Gasteiger partial charge in [-0.3, -0.25) is 0 Å². The first-order valence-corrected chi connectivity index (χ1v) is 6.11. The summed E-state index contributed by atoms with van der Waals surface area (Å²) in [5.74, 6) is 0.953. The van der Waals surface area contributed by atoms with Crippen molar-refractivity contribution in [1.29, 1.82) is 0 Å². The molecule has 2 rings (SSSR count). The van der Waals surface area contributed by atoms with E-state index >= 15 is 0 Å². The van der Waals surface area contributed by atoms with Crippen LogP contribution in [0.5, 0.6) is 0 Å². The molecule has 0 unspecified atom stereocenters. The lowest BCUT2D eigenvalue weighted by Gasteiger charge is -2.02. The summed E-state index contributed by atoms with van der Waals surface area (Å²) in [6.45, 7) is 3.11. The molecule has 5 heteroatoms. The van der Waals surface area contributed by atoms with Gasteiger partial charge in [-0.1, -0.05) is 6.92 Å². The standard InChI is InChI=1S/C9H10BrN3S/c1-2-4-13-6-11-12-9(13)8-7(10)3-5-14-8/h3,5-6H,2,4H2,1H3. The lowest BCUT2D eigenvalue weighted by molar-refractivity contribution is 0.683. The maximum Gasteiger partial charge on any atom is 0.174 e. The van der Waals surface area contributed by atoms with Crippen molar-refractivity contribution in [3.63, 3.8) is 0 Å². The van der Waals surface area contributed by atoms with Crippen LogP contribution in [0.1, 0.15) is 13.3 Å². The molecule has 74 valence electrons. The molecular formula is C9H10BrN3S. The Morgan fingerprint density at radius 2 is 2.43 bits per heavy atom. The minimum Gasteiger partial charge on any atom is -0.313 e. The summed E-state index contributed by atoms with van der Waals surface area (Å²) < 4.78 is 3.17. The second kappa shape index (κ2) is 4.23. The first-order valence-electron chi connectivity index (χ1n) is 4.44. The highest BCUT2D eigenvalue weighted by Crippen LogP contribution is 2.31. The molecule has 0 saturated heterocycles. The first-order chi connectivity index (χ1) is 6.83. The van der Waals surface area contributed by atoms with Gasteiger partial charge in [-0.05, 0) is 33.8 Å². The Bertz CT molecular complexity index is 421. The van der Waals surface area contributed by atoms with Gasteiger partial charge in [0.1, 0.15) is 6.33 Å². The van der Waals surface area contributed by atoms with E-state index in [1.807, 2.05) is 11.4 Å². The lowest BCUT2D eigenvalue weighted by Crippen LogP contribution is -1.97. The van der Waals surface area contributed by atoms with Gasteiger partial charge in [0.25, 0.3) is 0 Å². The summed E-state index contributed by atoms with van der Waals surface area (Å²) in [7, 11) is 0. The first kappa shape index (κ1) is 9.86. The van der Waals surface area contributed by atoms with Crippen LogP contribution < -0.4 is 0 Å². The van der Waals surface area contributed by atoms with Crippen LogP contribution >= 0.6 is 27.3 Å². The molecule has 0 aliphatic heterocycles. The monoisotopic (exact) mass is 271 g/mol. The van der Waals surface area contributed by atoms with Crippen LogP contribution in [0.4, 0.5) is 0 Å². The van der Waals surface area contributed by atoms with Gasteiger partial charge in [0, 0.05) is 11.0 Å². The molecule has 0 aromatic carbocycles. The van der Waals surface area contributed by atoms with Crippen LogP contribution in [0.25, 0.3) is 10.7 Å². The zero-order valence-corrected chi connectivity index (χ0v) is 10.2. The van der Waals surface area contributed by atoms with Gasteiger partial charge >= 0.3 is 0 Å². The predicted molar refractivity (Wildman–Crippen MR) is 61.3 cm³/mol. The topological polar surface area (TPSA) is 30.7 Å². The molecule has 0 atom stereocenters. The Kier molecular flexibility index (Phi) is 2.98. The number of rotatable bonds is 3. The second-order valence-corrected chi connectivity index (χ2v) is 4.72. The van der Waals surface area contributed by atoms with Gasteiger partial charge < -0.3 is 4.57 Å². The van der Waals surface area contributed by atoms with Gasteiger partial charge in [-0.2, -0.15) is 0 Å². The fraction of sp³-hybridized carbons (Fsp3) is 0.333. The van der Waals surface area contributed by atoms with Crippen molar-refractivity contribution < 1.29 is 0 Å². The SMILES string of the molecule is CCCn1cnnc1-c1sccc1Br. The predicted octanol–water partition coefficient (Wildman–Crippen LogP) is 3.18. The summed E-state index contributed by atoms with van der Waals surface area (Å²) >= 11 is 5.18. The Hall–Kier alpha value is -0.680. The van der Waals surface area contributed by atoms with E-state index < -0.39 is 0 Å². The average molecular weight is 272 g/mol. The number of hydrogen-bond acceptors (Lipinski definition) is 3. The highest BCUT2D eigenvalue weighted by molar-refractivity contribution is 9.10. The number of nitrogens with zero attached hydrogens (tertiary/aromatic N) is 3. The van der Waals surface area contributed by atoms with E-state index in [1.54, 1.807) is 17.7 Å². The zero-order chi connectivity index (χ0) is 9.97. The third-order valence-corrected chi connectivity index (χ3v) is 3.73. The van der Waals surface area contributed by atoms with Gasteiger partial charge in [0.2, 0.25) is 0 Å². The van der Waals surface area contributed by atoms with Gasteiger partial charge in [-0.25, -0.2) is 0 Å². The maximum absolute atomic E-state index is 4.13. The normalized spacial score (nSPS) is 10.7. The van der Waals surface area contributed by atoms with Crippen molar-refractivity contribution in [3.05, 3.63) is 22.2 Å². The van der Waals surface area contributed by atoms with E-state index in [-0.39, 0.29) is 0 Å². The summed E-state index contributed by atoms with van der Waals surface area (Å²) in [6.07, 6.45) is 2.87. The fourth-order valence-electron chi connectivity index (χ4n) is 1.29. The van der Waals surface area contributed by atoms with Crippen LogP contribution in [-0.4, -0.2) is 14.8 Å². The molecule has 0 aliphatic carbocycles. The number of halogens is 1. The molecule has 0 saturated carbocycles. The van der Waals surface area contributed by atoms with Gasteiger partial charge in [0.05, 0.1) is 4.88 Å². The Morgan fingerprint density at radius 1 is 1.57 bits per heavy atom. The van der Waals surface area contributed by atoms with Crippen molar-refractivity contribution in [3.8, 4) is 10.7 Å². The Morgan fingerprint density at radius 3 is 3.07 bits per heavy atom. The van der Waals surface area contributed by atoms with E-state index in [4.69, 9.17) is 0 Å². The van der Waals surface area contributed by atoms with Crippen LogP contribution in [0.15, 0.2) is 22.2 Å². The average Bonchev–Trinajstić information content (AvgIpc) is 2.74. The molecule has 0 radical (unpaired) electrons. The highest BCUT2D eigenvalue weighted by Gasteiger charge is 2.11. The van der Waals surface area contributed by atoms with E-state index in [0.717, 1.165) is 28.1 Å². The largest absolute Gasteiger partial charge is 0.313 e. The number of aryl methyl sites for hydroxylation is 1. The van der Waals surface area contributed by atoms with Crippen LogP contribution in [0.3, 0.4) is 0 Å². The summed E-state index contributed by atoms with van der Waals surface area (Å²) in [5.41, 5.74) is 0. The van der Waals surface area contributed by atoms with Crippen LogP contribution in [-0.2, 0) is 6.54 Å². The smallest absolute Gasteiger partial charge is 0.174 e. The molecular weight excluding hydrogens is 262 g/mol. The van der Waals surface area contributed by atoms with Crippen molar-refractivity contribution in [2.45, 2.75) is 19.9 Å². The van der Waals surface area contributed by atoms with Crippen LogP contribution in [0, 0.1) is 0 Å². The maximum atomic E-state index is 4.13. The molecule has 14 heavy (non-hydrogen) atoms. The molecule has 0 bridgehead atoms. The van der Waals surface area contributed by atoms with E-state index in [0.29, 0.717) is 0 Å². The van der Waals surface area contributed by atoms with Crippen molar-refractivity contribution in [2.24, 2.45) is 0 Å². The van der Waals surface area contributed by atoms with Crippen molar-refractivity contribution in [1.82, 2.24) is 14.8 Å². The summed E-state index contributed by atoms with van der Waals surface area (Å²) in [4.78, 5) is 1.15. The molecule has 0 aliphatic rings. The quantitative estimate of drug-likeness (QED) is 0.859. The zero-order valence-electron chi connectivity index (χ0n) is 7.77. The second-order valence-electron chi connectivity index (χ2n) is 2.95. The van der Waals surface area contributed by atoms with E-state index in [1.165, 1.54) is 0 Å².